The van der Waals surface area contributed by atoms with Crippen molar-refractivity contribution in [2.75, 3.05) is 0 Å². The van der Waals surface area contributed by atoms with Crippen LogP contribution in [0.1, 0.15) is 6.92 Å². The van der Waals surface area contributed by atoms with Gasteiger partial charge in [-0.15, -0.1) is 0 Å². The van der Waals surface area contributed by atoms with Crippen LogP contribution < -0.4 is 0 Å². The molecule has 0 aliphatic carbocycles. The van der Waals surface area contributed by atoms with Gasteiger partial charge in [0.2, 0.25) is 0 Å². The number of rotatable bonds is 2. The van der Waals surface area contributed by atoms with Crippen molar-refractivity contribution in [2.45, 2.75) is 6.92 Å². The van der Waals surface area contributed by atoms with Crippen molar-refractivity contribution < 1.29 is 0 Å². The van der Waals surface area contributed by atoms with Crippen molar-refractivity contribution in [3.05, 3.63) is 24.3 Å². The summed E-state index contributed by atoms with van der Waals surface area (Å²) < 4.78 is 0. The highest BCUT2D eigenvalue weighted by molar-refractivity contribution is 7.79. The molecule has 0 radical (unpaired) electrons. The van der Waals surface area contributed by atoms with E-state index in [9.17, 15) is 0 Å². The van der Waals surface area contributed by atoms with Crippen molar-refractivity contribution in [1.82, 2.24) is 0 Å². The first-order chi connectivity index (χ1) is 3.31. The van der Waals surface area contributed by atoms with Crippen LogP contribution in [0, 0.1) is 0 Å². The van der Waals surface area contributed by atoms with E-state index in [1.807, 2.05) is 13.0 Å². The van der Waals surface area contributed by atoms with Crippen molar-refractivity contribution in [2.24, 2.45) is 0 Å². The Kier molecular flexibility index (Phi) is 3.52. The lowest BCUT2D eigenvalue weighted by Crippen LogP contribution is -1.63. The Morgan fingerprint density at radius 3 is 2.43 bits per heavy atom. The van der Waals surface area contributed by atoms with Gasteiger partial charge < -0.3 is 0 Å². The highest BCUT2D eigenvalue weighted by Gasteiger charge is 1.69. The number of hydrogen-bond acceptors (Lipinski definition) is 1. The molecule has 0 aliphatic heterocycles. The number of allylic oxidation sites excluding steroid dienone is 3. The summed E-state index contributed by atoms with van der Waals surface area (Å²) in [5.41, 5.74) is 1.11. The molecule has 0 fully saturated rings. The Morgan fingerprint density at radius 1 is 1.71 bits per heavy atom. The van der Waals surface area contributed by atoms with E-state index >= 15 is 0 Å². The van der Waals surface area contributed by atoms with Gasteiger partial charge in [0.25, 0.3) is 0 Å². The fraction of sp³-hybridized carbons (Fsp3) is 0.167. The molecule has 0 saturated heterocycles. The molecule has 7 heavy (non-hydrogen) atoms. The van der Waals surface area contributed by atoms with Gasteiger partial charge in [-0.3, -0.25) is 0 Å². The van der Waals surface area contributed by atoms with Gasteiger partial charge >= 0.3 is 0 Å². The summed E-state index contributed by atoms with van der Waals surface area (Å²) in [6.45, 7) is 5.50. The van der Waals surface area contributed by atoms with Gasteiger partial charge in [0.15, 0.2) is 0 Å². The Balaban J connectivity index is 3.72. The molecular formula is C6H8S. The van der Waals surface area contributed by atoms with Crippen molar-refractivity contribution in [3.63, 3.8) is 0 Å². The maximum atomic E-state index is 4.55. The van der Waals surface area contributed by atoms with Gasteiger partial charge in [-0.25, -0.2) is 0 Å². The van der Waals surface area contributed by atoms with Gasteiger partial charge in [0.05, 0.1) is 0 Å². The van der Waals surface area contributed by atoms with E-state index in [0.717, 1.165) is 5.57 Å². The zero-order valence-corrected chi connectivity index (χ0v) is 5.16. The van der Waals surface area contributed by atoms with Crippen molar-refractivity contribution in [1.29, 1.82) is 0 Å². The molecule has 0 spiro atoms. The Hall–Kier alpha value is -0.430. The van der Waals surface area contributed by atoms with Crippen LogP contribution in [0.2, 0.25) is 0 Å². The second-order valence-electron chi connectivity index (χ2n) is 1.25. The first kappa shape index (κ1) is 6.57. The highest BCUT2D eigenvalue weighted by atomic mass is 32.1. The molecule has 0 aromatic carbocycles. The summed E-state index contributed by atoms with van der Waals surface area (Å²) >= 11 is 4.55. The first-order valence-electron chi connectivity index (χ1n) is 2.05. The number of hydrogen-bond donors (Lipinski definition) is 0. The van der Waals surface area contributed by atoms with E-state index in [-0.39, 0.29) is 0 Å². The topological polar surface area (TPSA) is 0 Å². The average Bonchev–Trinajstić information content (AvgIpc) is 1.68. The largest absolute Gasteiger partial charge is 0.0988 e. The van der Waals surface area contributed by atoms with Crippen LogP contribution in [0.4, 0.5) is 0 Å². The van der Waals surface area contributed by atoms with Gasteiger partial charge in [0, 0.05) is 5.37 Å². The molecule has 0 nitrogen and oxygen atoms in total. The van der Waals surface area contributed by atoms with Crippen molar-refractivity contribution >= 4 is 17.6 Å². The van der Waals surface area contributed by atoms with Gasteiger partial charge in [-0.2, -0.15) is 0 Å². The maximum absolute atomic E-state index is 4.55. The van der Waals surface area contributed by atoms with Crippen LogP contribution in [0.25, 0.3) is 0 Å². The van der Waals surface area contributed by atoms with Crippen LogP contribution in [-0.2, 0) is 0 Å². The summed E-state index contributed by atoms with van der Waals surface area (Å²) in [7, 11) is 0. The van der Waals surface area contributed by atoms with E-state index in [0.29, 0.717) is 0 Å². The summed E-state index contributed by atoms with van der Waals surface area (Å²) in [6, 6.07) is 0. The molecular weight excluding hydrogens is 104 g/mol. The predicted octanol–water partition coefficient (Wildman–Crippen LogP) is 2.12. The van der Waals surface area contributed by atoms with Crippen molar-refractivity contribution in [3.8, 4) is 0 Å². The standard InChI is InChI=1S/C6H8S/c1-3-6(2)4-5-7/h3-5H,1H2,2H3/b6-4-. The van der Waals surface area contributed by atoms with Crippen LogP contribution >= 0.6 is 12.2 Å². The van der Waals surface area contributed by atoms with Gasteiger partial charge in [-0.05, 0) is 13.0 Å². The quantitative estimate of drug-likeness (QED) is 0.299. The molecule has 0 rings (SSSR count). The summed E-state index contributed by atoms with van der Waals surface area (Å²) in [5.74, 6) is 0. The second-order valence-corrected chi connectivity index (χ2v) is 1.52. The third-order valence-corrected chi connectivity index (χ3v) is 0.789. The minimum absolute atomic E-state index is 1.11. The van der Waals surface area contributed by atoms with E-state index in [1.54, 1.807) is 11.4 Å². The third-order valence-electron chi connectivity index (χ3n) is 0.653. The maximum Gasteiger partial charge on any atom is 0.00161 e. The molecule has 0 unspecified atom stereocenters. The molecule has 0 heterocycles. The Labute approximate surface area is 49.5 Å². The molecule has 0 N–H and O–H groups in total. The van der Waals surface area contributed by atoms with E-state index in [2.05, 4.69) is 18.8 Å². The van der Waals surface area contributed by atoms with E-state index in [1.165, 1.54) is 0 Å². The first-order valence-corrected chi connectivity index (χ1v) is 2.53. The molecule has 0 amide bonds. The Morgan fingerprint density at radius 2 is 2.29 bits per heavy atom. The van der Waals surface area contributed by atoms with Crippen LogP contribution in [0.15, 0.2) is 24.3 Å². The van der Waals surface area contributed by atoms with Crippen LogP contribution in [0.3, 0.4) is 0 Å². The zero-order valence-electron chi connectivity index (χ0n) is 4.35. The summed E-state index contributed by atoms with van der Waals surface area (Å²) in [6.07, 6.45) is 3.60. The summed E-state index contributed by atoms with van der Waals surface area (Å²) in [4.78, 5) is 0. The monoisotopic (exact) mass is 112 g/mol. The fourth-order valence-corrected chi connectivity index (χ4v) is 0.390. The lowest BCUT2D eigenvalue weighted by atomic mass is 10.3. The SMILES string of the molecule is C=C/C(C)=C\C=S. The zero-order chi connectivity index (χ0) is 5.70. The molecule has 38 valence electrons. The Bertz CT molecular complexity index is 101. The highest BCUT2D eigenvalue weighted by Crippen LogP contribution is 1.88. The average molecular weight is 112 g/mol. The molecule has 0 aliphatic rings. The third kappa shape index (κ3) is 3.40. The predicted molar refractivity (Wildman–Crippen MR) is 37.6 cm³/mol. The second kappa shape index (κ2) is 3.75. The lowest BCUT2D eigenvalue weighted by molar-refractivity contribution is 1.56. The smallest absolute Gasteiger partial charge is 0.00161 e. The molecule has 0 aromatic rings. The lowest BCUT2D eigenvalue weighted by Gasteiger charge is -1.79. The van der Waals surface area contributed by atoms with Crippen LogP contribution in [0.5, 0.6) is 0 Å². The summed E-state index contributed by atoms with van der Waals surface area (Å²) in [5, 5.41) is 1.58. The van der Waals surface area contributed by atoms with Crippen LogP contribution in [-0.4, -0.2) is 5.37 Å². The van der Waals surface area contributed by atoms with E-state index < -0.39 is 0 Å². The minimum atomic E-state index is 1.11. The van der Waals surface area contributed by atoms with Gasteiger partial charge in [0.1, 0.15) is 0 Å². The molecule has 0 atom stereocenters. The molecule has 0 aromatic heterocycles. The molecule has 0 bridgehead atoms. The van der Waals surface area contributed by atoms with E-state index in [4.69, 9.17) is 0 Å². The number of thiocarbonyl (C=S) groups is 1. The minimum Gasteiger partial charge on any atom is -0.0988 e. The van der Waals surface area contributed by atoms with Gasteiger partial charge in [-0.1, -0.05) is 30.4 Å². The molecule has 0 saturated carbocycles. The normalized spacial score (nSPS) is 10.7. The molecule has 1 heteroatoms. The fourth-order valence-electron chi connectivity index (χ4n) is 0.175.